The molecule has 1 aromatic heterocycles. The first-order chi connectivity index (χ1) is 7.41. The standard InChI is InChI=1S/C7H10ClN5O2S/c1-11(2)7(10-13(14)15)12(3)5-4-9-6(8)16-5/h4H,1-3H3. The Balaban J connectivity index is 3.00. The van der Waals surface area contributed by atoms with Gasteiger partial charge in [-0.2, -0.15) is 0 Å². The molecule has 0 aromatic carbocycles. The van der Waals surface area contributed by atoms with E-state index in [-0.39, 0.29) is 5.96 Å². The molecule has 9 heteroatoms. The Hall–Kier alpha value is -1.41. The number of hydrogen-bond donors (Lipinski definition) is 0. The highest BCUT2D eigenvalue weighted by Crippen LogP contribution is 2.26. The average molecular weight is 264 g/mol. The molecule has 0 bridgehead atoms. The van der Waals surface area contributed by atoms with E-state index in [4.69, 9.17) is 11.6 Å². The molecule has 0 aliphatic heterocycles. The van der Waals surface area contributed by atoms with Crippen molar-refractivity contribution in [3.05, 3.63) is 20.8 Å². The van der Waals surface area contributed by atoms with Crippen LogP contribution in [0.25, 0.3) is 0 Å². The molecular formula is C7H10ClN5O2S. The predicted molar refractivity (Wildman–Crippen MR) is 63.6 cm³/mol. The Morgan fingerprint density at radius 3 is 2.62 bits per heavy atom. The van der Waals surface area contributed by atoms with E-state index < -0.39 is 5.03 Å². The van der Waals surface area contributed by atoms with E-state index in [0.717, 1.165) is 0 Å². The van der Waals surface area contributed by atoms with Gasteiger partial charge in [-0.15, -0.1) is 0 Å². The van der Waals surface area contributed by atoms with Gasteiger partial charge in [0.05, 0.1) is 6.20 Å². The van der Waals surface area contributed by atoms with Crippen LogP contribution < -0.4 is 4.90 Å². The normalized spacial score (nSPS) is 11.4. The van der Waals surface area contributed by atoms with Gasteiger partial charge in [0.2, 0.25) is 0 Å². The number of aromatic nitrogens is 1. The molecule has 0 N–H and O–H groups in total. The van der Waals surface area contributed by atoms with Gasteiger partial charge >= 0.3 is 0 Å². The lowest BCUT2D eigenvalue weighted by Gasteiger charge is -2.21. The van der Waals surface area contributed by atoms with Crippen LogP contribution >= 0.6 is 22.9 Å². The van der Waals surface area contributed by atoms with E-state index in [0.29, 0.717) is 9.47 Å². The SMILES string of the molecule is CN(C)C(=N[N+](=O)[O-])N(C)c1cnc(Cl)s1. The largest absolute Gasteiger partial charge is 0.343 e. The van der Waals surface area contributed by atoms with E-state index in [1.54, 1.807) is 26.0 Å². The first-order valence-corrected chi connectivity index (χ1v) is 5.36. The van der Waals surface area contributed by atoms with Crippen molar-refractivity contribution in [1.29, 1.82) is 0 Å². The minimum Gasteiger partial charge on any atom is -0.343 e. The topological polar surface area (TPSA) is 74.9 Å². The summed E-state index contributed by atoms with van der Waals surface area (Å²) in [6, 6.07) is 0. The molecule has 0 amide bonds. The van der Waals surface area contributed by atoms with Gasteiger partial charge in [-0.25, -0.2) is 15.1 Å². The first-order valence-electron chi connectivity index (χ1n) is 4.17. The summed E-state index contributed by atoms with van der Waals surface area (Å²) in [5, 5.41) is 13.6. The number of rotatable bonds is 2. The molecule has 0 spiro atoms. The molecule has 88 valence electrons. The highest BCUT2D eigenvalue weighted by molar-refractivity contribution is 7.19. The molecule has 0 atom stereocenters. The zero-order chi connectivity index (χ0) is 12.3. The van der Waals surface area contributed by atoms with Crippen molar-refractivity contribution < 1.29 is 5.03 Å². The summed E-state index contributed by atoms with van der Waals surface area (Å²) >= 11 is 6.91. The van der Waals surface area contributed by atoms with Gasteiger partial charge in [-0.3, -0.25) is 0 Å². The van der Waals surface area contributed by atoms with Crippen LogP contribution in [0.1, 0.15) is 0 Å². The Morgan fingerprint density at radius 2 is 2.25 bits per heavy atom. The van der Waals surface area contributed by atoms with Gasteiger partial charge in [0.1, 0.15) is 10.1 Å². The average Bonchev–Trinajstić information content (AvgIpc) is 2.59. The van der Waals surface area contributed by atoms with Gasteiger partial charge in [-0.05, 0) is 0 Å². The smallest absolute Gasteiger partial charge is 0.278 e. The van der Waals surface area contributed by atoms with Crippen LogP contribution in [-0.2, 0) is 0 Å². The number of thiazole rings is 1. The maximum Gasteiger partial charge on any atom is 0.278 e. The molecule has 0 fully saturated rings. The Kier molecular flexibility index (Phi) is 4.02. The van der Waals surface area contributed by atoms with Gasteiger partial charge in [0, 0.05) is 21.1 Å². The van der Waals surface area contributed by atoms with E-state index in [9.17, 15) is 10.1 Å². The zero-order valence-electron chi connectivity index (χ0n) is 8.92. The summed E-state index contributed by atoms with van der Waals surface area (Å²) in [5.41, 5.74) is 0. The van der Waals surface area contributed by atoms with E-state index in [1.807, 2.05) is 0 Å². The number of anilines is 1. The monoisotopic (exact) mass is 263 g/mol. The lowest BCUT2D eigenvalue weighted by molar-refractivity contribution is -0.485. The number of nitrogens with zero attached hydrogens (tertiary/aromatic N) is 5. The van der Waals surface area contributed by atoms with Crippen LogP contribution in [0, 0.1) is 10.1 Å². The summed E-state index contributed by atoms with van der Waals surface area (Å²) in [6.45, 7) is 0. The molecule has 0 aliphatic rings. The van der Waals surface area contributed by atoms with Crippen LogP contribution in [-0.4, -0.2) is 42.0 Å². The quantitative estimate of drug-likeness (QED) is 0.348. The van der Waals surface area contributed by atoms with Gasteiger partial charge < -0.3 is 9.80 Å². The van der Waals surface area contributed by atoms with Gasteiger partial charge in [0.15, 0.2) is 9.50 Å². The lowest BCUT2D eigenvalue weighted by atomic mass is 10.6. The fourth-order valence-corrected chi connectivity index (χ4v) is 1.92. The third-order valence-corrected chi connectivity index (χ3v) is 2.86. The molecule has 0 saturated carbocycles. The molecule has 1 rings (SSSR count). The minimum atomic E-state index is -0.742. The van der Waals surface area contributed by atoms with Gasteiger partial charge in [-0.1, -0.05) is 22.9 Å². The number of halogens is 1. The maximum atomic E-state index is 10.4. The summed E-state index contributed by atoms with van der Waals surface area (Å²) < 4.78 is 0.376. The van der Waals surface area contributed by atoms with Crippen molar-refractivity contribution >= 4 is 33.9 Å². The van der Waals surface area contributed by atoms with Crippen molar-refractivity contribution in [3.8, 4) is 0 Å². The second-order valence-corrected chi connectivity index (χ2v) is 4.63. The molecule has 1 heterocycles. The third-order valence-electron chi connectivity index (χ3n) is 1.67. The van der Waals surface area contributed by atoms with Crippen LogP contribution in [0.4, 0.5) is 5.00 Å². The van der Waals surface area contributed by atoms with Crippen molar-refractivity contribution in [2.45, 2.75) is 0 Å². The molecule has 16 heavy (non-hydrogen) atoms. The van der Waals surface area contributed by atoms with Crippen LogP contribution in [0.2, 0.25) is 4.47 Å². The van der Waals surface area contributed by atoms with Crippen LogP contribution in [0.3, 0.4) is 0 Å². The van der Waals surface area contributed by atoms with E-state index in [1.165, 1.54) is 22.4 Å². The van der Waals surface area contributed by atoms with Crippen molar-refractivity contribution in [2.75, 3.05) is 26.0 Å². The summed E-state index contributed by atoms with van der Waals surface area (Å²) in [4.78, 5) is 17.3. The fraction of sp³-hybridized carbons (Fsp3) is 0.429. The van der Waals surface area contributed by atoms with Crippen molar-refractivity contribution in [2.24, 2.45) is 5.10 Å². The highest BCUT2D eigenvalue weighted by Gasteiger charge is 2.17. The van der Waals surface area contributed by atoms with E-state index in [2.05, 4.69) is 10.1 Å². The van der Waals surface area contributed by atoms with Crippen molar-refractivity contribution in [1.82, 2.24) is 9.88 Å². The first kappa shape index (κ1) is 12.7. The summed E-state index contributed by atoms with van der Waals surface area (Å²) in [7, 11) is 5.00. The Labute approximate surface area is 101 Å². The van der Waals surface area contributed by atoms with Gasteiger partial charge in [0.25, 0.3) is 5.96 Å². The van der Waals surface area contributed by atoms with Crippen LogP contribution in [0.15, 0.2) is 11.3 Å². The second kappa shape index (κ2) is 5.08. The summed E-state index contributed by atoms with van der Waals surface area (Å²) in [5.74, 6) is 0.199. The Bertz CT molecular complexity index is 419. The number of nitro groups is 1. The molecule has 0 radical (unpaired) electrons. The van der Waals surface area contributed by atoms with Crippen molar-refractivity contribution in [3.63, 3.8) is 0 Å². The van der Waals surface area contributed by atoms with Crippen LogP contribution in [0.5, 0.6) is 0 Å². The Morgan fingerprint density at radius 1 is 1.62 bits per heavy atom. The zero-order valence-corrected chi connectivity index (χ0v) is 10.5. The maximum absolute atomic E-state index is 10.4. The third kappa shape index (κ3) is 3.04. The minimum absolute atomic E-state index is 0.199. The molecular weight excluding hydrogens is 254 g/mol. The predicted octanol–water partition coefficient (Wildman–Crippen LogP) is 1.34. The molecule has 0 unspecified atom stereocenters. The molecule has 0 saturated heterocycles. The summed E-state index contributed by atoms with van der Waals surface area (Å²) in [6.07, 6.45) is 1.53. The second-order valence-electron chi connectivity index (χ2n) is 3.04. The highest BCUT2D eigenvalue weighted by atomic mass is 35.5. The molecule has 0 aliphatic carbocycles. The fourth-order valence-electron chi connectivity index (χ4n) is 1.03. The number of hydrogen-bond acceptors (Lipinski definition) is 4. The lowest BCUT2D eigenvalue weighted by Crippen LogP contribution is -2.38. The molecule has 7 nitrogen and oxygen atoms in total. The van der Waals surface area contributed by atoms with E-state index >= 15 is 0 Å². The molecule has 1 aromatic rings. The number of hydrazone groups is 1. The number of guanidine groups is 1.